The Kier molecular flexibility index (Phi) is 6.46. The number of ketones is 1. The van der Waals surface area contributed by atoms with E-state index in [1.165, 1.54) is 22.2 Å². The number of aryl methyl sites for hydroxylation is 1. The van der Waals surface area contributed by atoms with Gasteiger partial charge in [-0.2, -0.15) is 0 Å². The van der Waals surface area contributed by atoms with Crippen molar-refractivity contribution in [2.45, 2.75) is 58.7 Å². The van der Waals surface area contributed by atoms with E-state index in [1.54, 1.807) is 15.9 Å². The Morgan fingerprint density at radius 2 is 2.00 bits per heavy atom. The molecule has 0 fully saturated rings. The summed E-state index contributed by atoms with van der Waals surface area (Å²) in [5, 5.41) is 1.37. The summed E-state index contributed by atoms with van der Waals surface area (Å²) in [5.41, 5.74) is 3.01. The number of Topliss-reactive ketones (excluding diaryl/α,β-unsaturated/α-hetero) is 1. The molecule has 0 aliphatic heterocycles. The summed E-state index contributed by atoms with van der Waals surface area (Å²) in [7, 11) is 0. The van der Waals surface area contributed by atoms with E-state index in [2.05, 4.69) is 27.4 Å². The summed E-state index contributed by atoms with van der Waals surface area (Å²) >= 11 is 3.00. The van der Waals surface area contributed by atoms with Gasteiger partial charge >= 0.3 is 0 Å². The first-order valence-electron chi connectivity index (χ1n) is 11.1. The van der Waals surface area contributed by atoms with Gasteiger partial charge in [-0.3, -0.25) is 14.2 Å². The number of nitrogens with zero attached hydrogens (tertiary/aromatic N) is 2. The zero-order chi connectivity index (χ0) is 23.0. The minimum atomic E-state index is -0.000584. The van der Waals surface area contributed by atoms with Crippen molar-refractivity contribution in [2.24, 2.45) is 11.3 Å². The lowest BCUT2D eigenvalue weighted by atomic mass is 9.72. The zero-order valence-corrected chi connectivity index (χ0v) is 20.9. The average Bonchev–Trinajstić information content (AvgIpc) is 3.11. The highest BCUT2D eigenvalue weighted by Crippen LogP contribution is 2.42. The lowest BCUT2D eigenvalue weighted by Gasteiger charge is -2.33. The standard InChI is InChI=1S/C26H30N2O2S2/c1-16(2)14-28-24(30)22-19-12-11-18(26(3,4)5)13-21(19)32-23(22)27-25(28)31-15-20(29)17-9-7-6-8-10-17/h6-10,18H,1,11-15H2,2-5H3. The monoisotopic (exact) mass is 466 g/mol. The van der Waals surface area contributed by atoms with Crippen LogP contribution in [0.4, 0.5) is 0 Å². The van der Waals surface area contributed by atoms with Gasteiger partial charge in [-0.05, 0) is 43.1 Å². The molecule has 0 radical (unpaired) electrons. The van der Waals surface area contributed by atoms with Gasteiger partial charge < -0.3 is 0 Å². The lowest BCUT2D eigenvalue weighted by Crippen LogP contribution is -2.27. The SMILES string of the molecule is C=C(C)Cn1c(SCC(=O)c2ccccc2)nc2sc3c(c2c1=O)CCC(C(C)(C)C)C3. The van der Waals surface area contributed by atoms with Crippen LogP contribution in [0.1, 0.15) is 54.9 Å². The van der Waals surface area contributed by atoms with Crippen LogP contribution in [0.2, 0.25) is 0 Å². The van der Waals surface area contributed by atoms with Crippen LogP contribution < -0.4 is 5.56 Å². The van der Waals surface area contributed by atoms with Gasteiger partial charge in [0.25, 0.3) is 5.56 Å². The predicted molar refractivity (Wildman–Crippen MR) is 135 cm³/mol. The van der Waals surface area contributed by atoms with Gasteiger partial charge in [0.2, 0.25) is 0 Å². The van der Waals surface area contributed by atoms with E-state index in [0.717, 1.165) is 35.1 Å². The topological polar surface area (TPSA) is 52.0 Å². The highest BCUT2D eigenvalue weighted by atomic mass is 32.2. The fourth-order valence-electron chi connectivity index (χ4n) is 4.34. The van der Waals surface area contributed by atoms with Gasteiger partial charge in [-0.15, -0.1) is 11.3 Å². The molecule has 32 heavy (non-hydrogen) atoms. The Bertz CT molecular complexity index is 1230. The number of thioether (sulfide) groups is 1. The average molecular weight is 467 g/mol. The fraction of sp³-hybridized carbons (Fsp3) is 0.423. The van der Waals surface area contributed by atoms with Crippen molar-refractivity contribution in [3.05, 3.63) is 68.8 Å². The second-order valence-corrected chi connectivity index (χ2v) is 11.8. The molecule has 0 spiro atoms. The van der Waals surface area contributed by atoms with Crippen LogP contribution in [0.5, 0.6) is 0 Å². The maximum atomic E-state index is 13.6. The van der Waals surface area contributed by atoms with Crippen LogP contribution >= 0.6 is 23.1 Å². The zero-order valence-electron chi connectivity index (χ0n) is 19.2. The maximum absolute atomic E-state index is 13.6. The molecule has 1 aliphatic rings. The van der Waals surface area contributed by atoms with Gasteiger partial charge in [-0.1, -0.05) is 75.0 Å². The number of allylic oxidation sites excluding steroid dienone is 1. The van der Waals surface area contributed by atoms with E-state index in [-0.39, 0.29) is 22.5 Å². The minimum Gasteiger partial charge on any atom is -0.293 e. The predicted octanol–water partition coefficient (Wildman–Crippen LogP) is 6.16. The van der Waals surface area contributed by atoms with Crippen LogP contribution in [0, 0.1) is 11.3 Å². The first-order chi connectivity index (χ1) is 15.1. The summed E-state index contributed by atoms with van der Waals surface area (Å²) in [4.78, 5) is 33.3. The van der Waals surface area contributed by atoms with E-state index in [1.807, 2.05) is 37.3 Å². The van der Waals surface area contributed by atoms with Crippen LogP contribution in [0.25, 0.3) is 10.2 Å². The van der Waals surface area contributed by atoms with Gasteiger partial charge in [0.1, 0.15) is 4.83 Å². The molecule has 0 amide bonds. The second kappa shape index (κ2) is 8.99. The molecule has 1 atom stereocenters. The number of hydrogen-bond donors (Lipinski definition) is 0. The molecule has 0 N–H and O–H groups in total. The molecule has 2 aromatic heterocycles. The van der Waals surface area contributed by atoms with E-state index in [4.69, 9.17) is 4.98 Å². The van der Waals surface area contributed by atoms with Crippen LogP contribution in [-0.4, -0.2) is 21.1 Å². The van der Waals surface area contributed by atoms with Gasteiger partial charge in [-0.25, -0.2) is 4.98 Å². The highest BCUT2D eigenvalue weighted by Gasteiger charge is 2.32. The van der Waals surface area contributed by atoms with Crippen molar-refractivity contribution < 1.29 is 4.79 Å². The van der Waals surface area contributed by atoms with Crippen molar-refractivity contribution in [1.82, 2.24) is 9.55 Å². The highest BCUT2D eigenvalue weighted by molar-refractivity contribution is 7.99. The lowest BCUT2D eigenvalue weighted by molar-refractivity contribution is 0.102. The number of carbonyl (C=O) groups is 1. The smallest absolute Gasteiger partial charge is 0.263 e. The third kappa shape index (κ3) is 4.62. The summed E-state index contributed by atoms with van der Waals surface area (Å²) in [6.45, 7) is 13.2. The number of carbonyl (C=O) groups excluding carboxylic acids is 1. The van der Waals surface area contributed by atoms with Crippen LogP contribution in [0.15, 0.2) is 52.4 Å². The maximum Gasteiger partial charge on any atom is 0.263 e. The van der Waals surface area contributed by atoms with E-state index >= 15 is 0 Å². The normalized spacial score (nSPS) is 16.2. The van der Waals surface area contributed by atoms with Crippen LogP contribution in [-0.2, 0) is 19.4 Å². The molecule has 1 unspecified atom stereocenters. The molecule has 4 rings (SSSR count). The van der Waals surface area contributed by atoms with Crippen molar-refractivity contribution in [3.8, 4) is 0 Å². The minimum absolute atomic E-state index is 0.000584. The Balaban J connectivity index is 1.72. The number of aromatic nitrogens is 2. The Morgan fingerprint density at radius 3 is 2.66 bits per heavy atom. The first kappa shape index (κ1) is 23.0. The molecule has 1 aromatic carbocycles. The first-order valence-corrected chi connectivity index (χ1v) is 12.9. The number of thiophene rings is 1. The second-order valence-electron chi connectivity index (χ2n) is 9.81. The third-order valence-electron chi connectivity index (χ3n) is 6.21. The largest absolute Gasteiger partial charge is 0.293 e. The summed E-state index contributed by atoms with van der Waals surface area (Å²) < 4.78 is 1.70. The molecule has 2 heterocycles. The molecule has 0 saturated carbocycles. The Hall–Kier alpha value is -2.18. The van der Waals surface area contributed by atoms with E-state index in [9.17, 15) is 9.59 Å². The fourth-order valence-corrected chi connectivity index (χ4v) is 6.57. The number of benzene rings is 1. The number of rotatable bonds is 6. The van der Waals surface area contributed by atoms with E-state index < -0.39 is 0 Å². The van der Waals surface area contributed by atoms with Crippen LogP contribution in [0.3, 0.4) is 0 Å². The number of fused-ring (bicyclic) bond motifs is 3. The van der Waals surface area contributed by atoms with E-state index in [0.29, 0.717) is 23.2 Å². The summed E-state index contributed by atoms with van der Waals surface area (Å²) in [6.07, 6.45) is 3.04. The molecular formula is C26H30N2O2S2. The third-order valence-corrected chi connectivity index (χ3v) is 8.34. The molecule has 0 bridgehead atoms. The summed E-state index contributed by atoms with van der Waals surface area (Å²) in [5.74, 6) is 0.887. The van der Waals surface area contributed by atoms with Gasteiger partial charge in [0.15, 0.2) is 10.9 Å². The van der Waals surface area contributed by atoms with Crippen molar-refractivity contribution in [3.63, 3.8) is 0 Å². The molecular weight excluding hydrogens is 436 g/mol. The number of hydrogen-bond acceptors (Lipinski definition) is 5. The van der Waals surface area contributed by atoms with Crippen molar-refractivity contribution in [1.29, 1.82) is 0 Å². The Morgan fingerprint density at radius 1 is 1.28 bits per heavy atom. The molecule has 1 aliphatic carbocycles. The summed E-state index contributed by atoms with van der Waals surface area (Å²) in [6, 6.07) is 9.26. The molecule has 3 aromatic rings. The van der Waals surface area contributed by atoms with Gasteiger partial charge in [0.05, 0.1) is 11.1 Å². The van der Waals surface area contributed by atoms with Crippen molar-refractivity contribution in [2.75, 3.05) is 5.75 Å². The Labute approximate surface area is 197 Å². The quantitative estimate of drug-likeness (QED) is 0.189. The molecule has 6 heteroatoms. The molecule has 4 nitrogen and oxygen atoms in total. The molecule has 0 saturated heterocycles. The van der Waals surface area contributed by atoms with Gasteiger partial charge in [0, 0.05) is 17.0 Å². The molecule has 168 valence electrons. The van der Waals surface area contributed by atoms with Crippen molar-refractivity contribution >= 4 is 39.1 Å².